The molecule has 5 nitrogen and oxygen atoms in total. The zero-order valence-electron chi connectivity index (χ0n) is 13.8. The molecular formula is C19H20N2O3. The lowest BCUT2D eigenvalue weighted by Crippen LogP contribution is -2.39. The van der Waals surface area contributed by atoms with Gasteiger partial charge in [0.1, 0.15) is 11.5 Å². The van der Waals surface area contributed by atoms with Crippen LogP contribution in [0, 0.1) is 0 Å². The summed E-state index contributed by atoms with van der Waals surface area (Å²) in [6.45, 7) is 0.779. The summed E-state index contributed by atoms with van der Waals surface area (Å²) in [6.07, 6.45) is 0.760. The van der Waals surface area contributed by atoms with E-state index < -0.39 is 5.41 Å². The Bertz CT molecular complexity index is 805. The Morgan fingerprint density at radius 2 is 1.96 bits per heavy atom. The van der Waals surface area contributed by atoms with E-state index in [0.717, 1.165) is 41.3 Å². The van der Waals surface area contributed by atoms with Crippen LogP contribution in [0.5, 0.6) is 11.5 Å². The Morgan fingerprint density at radius 1 is 1.12 bits per heavy atom. The van der Waals surface area contributed by atoms with Gasteiger partial charge in [-0.3, -0.25) is 4.79 Å². The highest BCUT2D eigenvalue weighted by molar-refractivity contribution is 6.07. The van der Waals surface area contributed by atoms with Gasteiger partial charge in [-0.2, -0.15) is 0 Å². The number of methoxy groups -OCH3 is 2. The molecule has 1 amide bonds. The molecule has 2 atom stereocenters. The monoisotopic (exact) mass is 324 g/mol. The van der Waals surface area contributed by atoms with Gasteiger partial charge in [-0.1, -0.05) is 24.3 Å². The zero-order chi connectivity index (χ0) is 16.7. The van der Waals surface area contributed by atoms with E-state index in [-0.39, 0.29) is 11.9 Å². The largest absolute Gasteiger partial charge is 0.497 e. The number of ether oxygens (including phenoxy) is 2. The number of para-hydroxylation sites is 1. The van der Waals surface area contributed by atoms with Crippen molar-refractivity contribution in [1.82, 2.24) is 5.32 Å². The van der Waals surface area contributed by atoms with Crippen LogP contribution in [0.3, 0.4) is 0 Å². The van der Waals surface area contributed by atoms with Gasteiger partial charge >= 0.3 is 0 Å². The number of hydrogen-bond acceptors (Lipinski definition) is 4. The smallest absolute Gasteiger partial charge is 0.237 e. The van der Waals surface area contributed by atoms with Crippen LogP contribution in [0.2, 0.25) is 0 Å². The number of anilines is 1. The Balaban J connectivity index is 1.86. The Morgan fingerprint density at radius 3 is 2.75 bits per heavy atom. The molecule has 2 aliphatic heterocycles. The molecule has 2 aliphatic rings. The van der Waals surface area contributed by atoms with Crippen LogP contribution in [0.25, 0.3) is 0 Å². The van der Waals surface area contributed by atoms with Crippen molar-refractivity contribution in [3.05, 3.63) is 53.6 Å². The van der Waals surface area contributed by atoms with Gasteiger partial charge in [0.2, 0.25) is 5.91 Å². The lowest BCUT2D eigenvalue weighted by molar-refractivity contribution is -0.121. The number of hydrogen-bond donors (Lipinski definition) is 2. The number of benzene rings is 2. The number of amides is 1. The lowest BCUT2D eigenvalue weighted by Gasteiger charge is -2.30. The fourth-order valence-corrected chi connectivity index (χ4v) is 4.04. The molecule has 24 heavy (non-hydrogen) atoms. The molecule has 2 N–H and O–H groups in total. The van der Waals surface area contributed by atoms with Gasteiger partial charge in [0.15, 0.2) is 0 Å². The first kappa shape index (κ1) is 15.0. The van der Waals surface area contributed by atoms with Gasteiger partial charge in [0.25, 0.3) is 0 Å². The van der Waals surface area contributed by atoms with Crippen molar-refractivity contribution in [2.45, 2.75) is 17.9 Å². The van der Waals surface area contributed by atoms with E-state index in [2.05, 4.69) is 10.6 Å². The quantitative estimate of drug-likeness (QED) is 0.911. The third kappa shape index (κ3) is 1.94. The van der Waals surface area contributed by atoms with Crippen molar-refractivity contribution < 1.29 is 14.3 Å². The van der Waals surface area contributed by atoms with Crippen LogP contribution in [0.15, 0.2) is 42.5 Å². The topological polar surface area (TPSA) is 59.6 Å². The highest BCUT2D eigenvalue weighted by Gasteiger charge is 2.55. The van der Waals surface area contributed by atoms with Gasteiger partial charge in [-0.15, -0.1) is 0 Å². The summed E-state index contributed by atoms with van der Waals surface area (Å²) >= 11 is 0. The zero-order valence-corrected chi connectivity index (χ0v) is 13.8. The minimum Gasteiger partial charge on any atom is -0.497 e. The third-order valence-electron chi connectivity index (χ3n) is 5.17. The molecule has 0 unspecified atom stereocenters. The molecule has 0 aromatic heterocycles. The van der Waals surface area contributed by atoms with E-state index in [1.54, 1.807) is 14.2 Å². The maximum Gasteiger partial charge on any atom is 0.237 e. The first-order chi connectivity index (χ1) is 11.7. The van der Waals surface area contributed by atoms with Gasteiger partial charge in [0, 0.05) is 17.3 Å². The van der Waals surface area contributed by atoms with Crippen molar-refractivity contribution in [3.8, 4) is 11.5 Å². The second-order valence-corrected chi connectivity index (χ2v) is 6.22. The average Bonchev–Trinajstić information content (AvgIpc) is 3.18. The summed E-state index contributed by atoms with van der Waals surface area (Å²) in [4.78, 5) is 12.9. The second kappa shape index (κ2) is 5.53. The molecule has 2 heterocycles. The fourth-order valence-electron chi connectivity index (χ4n) is 4.04. The Kier molecular flexibility index (Phi) is 3.46. The average molecular weight is 324 g/mol. The van der Waals surface area contributed by atoms with Crippen molar-refractivity contribution in [2.24, 2.45) is 0 Å². The second-order valence-electron chi connectivity index (χ2n) is 6.22. The lowest BCUT2D eigenvalue weighted by atomic mass is 9.72. The van der Waals surface area contributed by atoms with E-state index in [1.165, 1.54) is 0 Å². The standard InChI is InChI=1S/C19H20N2O3/c1-23-12-7-8-13(16(11-12)24-2)17-19(9-10-20-17)14-5-3-4-6-15(14)21-18(19)22/h3-8,11,17,20H,9-10H2,1-2H3,(H,21,22)/t17-,19-/m1/s1. The van der Waals surface area contributed by atoms with E-state index in [4.69, 9.17) is 9.47 Å². The predicted molar refractivity (Wildman–Crippen MR) is 91.7 cm³/mol. The summed E-state index contributed by atoms with van der Waals surface area (Å²) in [6, 6.07) is 13.6. The molecule has 124 valence electrons. The van der Waals surface area contributed by atoms with Crippen LogP contribution in [-0.2, 0) is 10.2 Å². The molecular weight excluding hydrogens is 304 g/mol. The summed E-state index contributed by atoms with van der Waals surface area (Å²) < 4.78 is 10.9. The van der Waals surface area contributed by atoms with E-state index >= 15 is 0 Å². The number of rotatable bonds is 3. The molecule has 0 bridgehead atoms. The minimum absolute atomic E-state index is 0.0524. The van der Waals surface area contributed by atoms with Crippen LogP contribution in [-0.4, -0.2) is 26.7 Å². The summed E-state index contributed by atoms with van der Waals surface area (Å²) in [5.74, 6) is 1.51. The number of carbonyl (C=O) groups is 1. The van der Waals surface area contributed by atoms with E-state index in [9.17, 15) is 4.79 Å². The van der Waals surface area contributed by atoms with Gasteiger partial charge in [-0.25, -0.2) is 0 Å². The number of carbonyl (C=O) groups excluding carboxylic acids is 1. The summed E-state index contributed by atoms with van der Waals surface area (Å²) in [5.41, 5.74) is 2.34. The number of nitrogens with one attached hydrogen (secondary N) is 2. The maximum atomic E-state index is 12.9. The van der Waals surface area contributed by atoms with E-state index in [0.29, 0.717) is 0 Å². The summed E-state index contributed by atoms with van der Waals surface area (Å²) in [7, 11) is 3.27. The fraction of sp³-hybridized carbons (Fsp3) is 0.316. The summed E-state index contributed by atoms with van der Waals surface area (Å²) in [5, 5.41) is 6.55. The molecule has 1 spiro atoms. The Hall–Kier alpha value is -2.53. The first-order valence-corrected chi connectivity index (χ1v) is 8.07. The van der Waals surface area contributed by atoms with Gasteiger partial charge < -0.3 is 20.1 Å². The predicted octanol–water partition coefficient (Wildman–Crippen LogP) is 2.63. The van der Waals surface area contributed by atoms with Crippen LogP contribution in [0.4, 0.5) is 5.69 Å². The SMILES string of the molecule is COc1ccc([C@H]2NCC[C@]23C(=O)Nc2ccccc23)c(OC)c1. The molecule has 1 fully saturated rings. The normalized spacial score (nSPS) is 24.8. The third-order valence-corrected chi connectivity index (χ3v) is 5.17. The highest BCUT2D eigenvalue weighted by atomic mass is 16.5. The van der Waals surface area contributed by atoms with Crippen molar-refractivity contribution in [1.29, 1.82) is 0 Å². The van der Waals surface area contributed by atoms with E-state index in [1.807, 2.05) is 42.5 Å². The molecule has 5 heteroatoms. The van der Waals surface area contributed by atoms with Crippen molar-refractivity contribution in [3.63, 3.8) is 0 Å². The molecule has 1 saturated heterocycles. The van der Waals surface area contributed by atoms with Crippen LogP contribution < -0.4 is 20.1 Å². The first-order valence-electron chi connectivity index (χ1n) is 8.07. The van der Waals surface area contributed by atoms with Gasteiger partial charge in [-0.05, 0) is 30.7 Å². The van der Waals surface area contributed by atoms with Crippen molar-refractivity contribution >= 4 is 11.6 Å². The minimum atomic E-state index is -0.599. The molecule has 4 rings (SSSR count). The van der Waals surface area contributed by atoms with Gasteiger partial charge in [0.05, 0.1) is 25.7 Å². The molecule has 0 aliphatic carbocycles. The number of fused-ring (bicyclic) bond motifs is 2. The molecule has 2 aromatic carbocycles. The van der Waals surface area contributed by atoms with Crippen molar-refractivity contribution in [2.75, 3.05) is 26.1 Å². The maximum absolute atomic E-state index is 12.9. The molecule has 0 radical (unpaired) electrons. The highest BCUT2D eigenvalue weighted by Crippen LogP contribution is 2.52. The van der Waals surface area contributed by atoms with Crippen LogP contribution in [0.1, 0.15) is 23.6 Å². The van der Waals surface area contributed by atoms with Crippen LogP contribution >= 0.6 is 0 Å². The molecule has 2 aromatic rings. The molecule has 0 saturated carbocycles. The Labute approximate surface area is 141 Å².